The summed E-state index contributed by atoms with van der Waals surface area (Å²) in [6.45, 7) is 0. The van der Waals surface area contributed by atoms with Gasteiger partial charge in [-0.3, -0.25) is 5.41 Å². The second kappa shape index (κ2) is 4.27. The Bertz CT molecular complexity index is 503. The molecule has 16 heavy (non-hydrogen) atoms. The van der Waals surface area contributed by atoms with Crippen LogP contribution >= 0.6 is 11.8 Å². The highest BCUT2D eigenvalue weighted by molar-refractivity contribution is 7.99. The van der Waals surface area contributed by atoms with Crippen LogP contribution in [0.3, 0.4) is 0 Å². The maximum Gasteiger partial charge on any atom is 0.215 e. The molecule has 3 N–H and O–H groups in total. The molecule has 0 amide bonds. The van der Waals surface area contributed by atoms with E-state index in [0.717, 1.165) is 5.03 Å². The molecule has 0 bridgehead atoms. The fraction of sp³-hybridized carbons (Fsp3) is 0.125. The summed E-state index contributed by atoms with van der Waals surface area (Å²) in [5.41, 5.74) is 5.92. The molecular formula is C8H9N7S. The number of amidine groups is 1. The lowest BCUT2D eigenvalue weighted by Gasteiger charge is -2.00. The zero-order valence-corrected chi connectivity index (χ0v) is 9.27. The van der Waals surface area contributed by atoms with E-state index in [1.54, 1.807) is 30.1 Å². The Balaban J connectivity index is 2.17. The van der Waals surface area contributed by atoms with Gasteiger partial charge >= 0.3 is 0 Å². The van der Waals surface area contributed by atoms with Crippen LogP contribution in [-0.4, -0.2) is 31.0 Å². The van der Waals surface area contributed by atoms with Gasteiger partial charge in [-0.15, -0.1) is 5.10 Å². The molecule has 0 aliphatic carbocycles. The van der Waals surface area contributed by atoms with Crippen LogP contribution < -0.4 is 5.73 Å². The van der Waals surface area contributed by atoms with E-state index in [2.05, 4.69) is 20.5 Å². The highest BCUT2D eigenvalue weighted by atomic mass is 32.2. The molecule has 2 rings (SSSR count). The summed E-state index contributed by atoms with van der Waals surface area (Å²) in [5, 5.41) is 19.7. The van der Waals surface area contributed by atoms with Gasteiger partial charge in [0.25, 0.3) is 0 Å². The van der Waals surface area contributed by atoms with E-state index in [9.17, 15) is 0 Å². The van der Waals surface area contributed by atoms with Gasteiger partial charge in [-0.2, -0.15) is 0 Å². The van der Waals surface area contributed by atoms with Crippen LogP contribution in [0.5, 0.6) is 0 Å². The van der Waals surface area contributed by atoms with E-state index in [1.807, 2.05) is 0 Å². The van der Waals surface area contributed by atoms with Crippen LogP contribution in [0.4, 0.5) is 0 Å². The van der Waals surface area contributed by atoms with Gasteiger partial charge in [0.05, 0.1) is 0 Å². The van der Waals surface area contributed by atoms with E-state index in [-0.39, 0.29) is 5.84 Å². The molecule has 0 spiro atoms. The Hall–Kier alpha value is -1.96. The van der Waals surface area contributed by atoms with Crippen molar-refractivity contribution in [2.45, 2.75) is 10.2 Å². The van der Waals surface area contributed by atoms with Crippen molar-refractivity contribution in [3.8, 4) is 0 Å². The van der Waals surface area contributed by atoms with Gasteiger partial charge in [0, 0.05) is 18.8 Å². The van der Waals surface area contributed by atoms with E-state index in [4.69, 9.17) is 11.1 Å². The normalized spacial score (nSPS) is 10.3. The van der Waals surface area contributed by atoms with Crippen LogP contribution in [0, 0.1) is 5.41 Å². The highest BCUT2D eigenvalue weighted by Crippen LogP contribution is 2.22. The summed E-state index contributed by atoms with van der Waals surface area (Å²) in [6, 6.07) is 3.51. The summed E-state index contributed by atoms with van der Waals surface area (Å²) in [7, 11) is 1.76. The number of hydrogen-bond acceptors (Lipinski definition) is 6. The third-order valence-corrected chi connectivity index (χ3v) is 2.80. The lowest BCUT2D eigenvalue weighted by Crippen LogP contribution is -2.11. The Labute approximate surface area is 95.6 Å². The fourth-order valence-corrected chi connectivity index (χ4v) is 1.68. The van der Waals surface area contributed by atoms with Crippen LogP contribution in [0.25, 0.3) is 0 Å². The van der Waals surface area contributed by atoms with Crippen molar-refractivity contribution >= 4 is 17.6 Å². The SMILES string of the molecule is Cn1nnnc1Sc1ccc(C(=N)N)cn1. The van der Waals surface area contributed by atoms with Gasteiger partial charge in [-0.25, -0.2) is 9.67 Å². The van der Waals surface area contributed by atoms with Crippen LogP contribution in [0.1, 0.15) is 5.56 Å². The first-order chi connectivity index (χ1) is 7.66. The van der Waals surface area contributed by atoms with Crippen molar-refractivity contribution in [2.75, 3.05) is 0 Å². The van der Waals surface area contributed by atoms with Crippen molar-refractivity contribution in [3.05, 3.63) is 23.9 Å². The molecule has 82 valence electrons. The van der Waals surface area contributed by atoms with E-state index in [0.29, 0.717) is 10.7 Å². The number of nitrogens with zero attached hydrogens (tertiary/aromatic N) is 5. The molecule has 0 radical (unpaired) electrons. The highest BCUT2D eigenvalue weighted by Gasteiger charge is 2.06. The minimum Gasteiger partial charge on any atom is -0.384 e. The predicted octanol–water partition coefficient (Wildman–Crippen LogP) is 0.0404. The number of hydrogen-bond donors (Lipinski definition) is 2. The van der Waals surface area contributed by atoms with Gasteiger partial charge in [0.2, 0.25) is 5.16 Å². The third kappa shape index (κ3) is 2.16. The monoisotopic (exact) mass is 235 g/mol. The molecule has 0 unspecified atom stereocenters. The maximum absolute atomic E-state index is 7.23. The van der Waals surface area contributed by atoms with Gasteiger partial charge in [0.1, 0.15) is 10.9 Å². The number of pyridine rings is 1. The Kier molecular flexibility index (Phi) is 2.82. The second-order valence-corrected chi connectivity index (χ2v) is 3.97. The molecule has 0 saturated carbocycles. The van der Waals surface area contributed by atoms with Gasteiger partial charge in [0.15, 0.2) is 0 Å². The topological polar surface area (TPSA) is 106 Å². The van der Waals surface area contributed by atoms with Crippen LogP contribution in [0.2, 0.25) is 0 Å². The quantitative estimate of drug-likeness (QED) is 0.574. The number of rotatable bonds is 3. The van der Waals surface area contributed by atoms with Crippen molar-refractivity contribution in [2.24, 2.45) is 12.8 Å². The lowest BCUT2D eigenvalue weighted by molar-refractivity contribution is 0.664. The van der Waals surface area contributed by atoms with Crippen molar-refractivity contribution < 1.29 is 0 Å². The van der Waals surface area contributed by atoms with Crippen molar-refractivity contribution in [3.63, 3.8) is 0 Å². The molecule has 2 aromatic heterocycles. The zero-order valence-electron chi connectivity index (χ0n) is 8.45. The Morgan fingerprint density at radius 1 is 1.50 bits per heavy atom. The zero-order chi connectivity index (χ0) is 11.5. The molecule has 0 fully saturated rings. The fourth-order valence-electron chi connectivity index (χ4n) is 1.00. The van der Waals surface area contributed by atoms with Gasteiger partial charge in [-0.1, -0.05) is 0 Å². The first kappa shape index (κ1) is 10.6. The molecular weight excluding hydrogens is 226 g/mol. The summed E-state index contributed by atoms with van der Waals surface area (Å²) < 4.78 is 1.56. The van der Waals surface area contributed by atoms with Crippen LogP contribution in [-0.2, 0) is 7.05 Å². The molecule has 2 aromatic rings. The van der Waals surface area contributed by atoms with E-state index >= 15 is 0 Å². The minimum atomic E-state index is 0.00405. The smallest absolute Gasteiger partial charge is 0.215 e. The minimum absolute atomic E-state index is 0.00405. The summed E-state index contributed by atoms with van der Waals surface area (Å²) >= 11 is 1.35. The molecule has 0 aliphatic rings. The number of nitrogens with one attached hydrogen (secondary N) is 1. The standard InChI is InChI=1S/C8H9N7S/c1-15-8(12-13-14-15)16-6-3-2-5(4-11-6)7(9)10/h2-4H,1H3,(H3,9,10). The molecule has 7 nitrogen and oxygen atoms in total. The maximum atomic E-state index is 7.23. The Morgan fingerprint density at radius 2 is 2.31 bits per heavy atom. The van der Waals surface area contributed by atoms with E-state index in [1.165, 1.54) is 11.8 Å². The number of aromatic nitrogens is 5. The summed E-state index contributed by atoms with van der Waals surface area (Å²) in [4.78, 5) is 4.15. The van der Waals surface area contributed by atoms with Crippen molar-refractivity contribution in [1.82, 2.24) is 25.2 Å². The summed E-state index contributed by atoms with van der Waals surface area (Å²) in [5.74, 6) is 0.00405. The predicted molar refractivity (Wildman–Crippen MR) is 58.2 cm³/mol. The first-order valence-corrected chi connectivity index (χ1v) is 5.19. The second-order valence-electron chi connectivity index (χ2n) is 2.99. The molecule has 0 aromatic carbocycles. The average molecular weight is 235 g/mol. The third-order valence-electron chi connectivity index (χ3n) is 1.82. The molecule has 0 saturated heterocycles. The van der Waals surface area contributed by atoms with Gasteiger partial charge < -0.3 is 5.73 Å². The first-order valence-electron chi connectivity index (χ1n) is 4.37. The molecule has 0 aliphatic heterocycles. The van der Waals surface area contributed by atoms with Gasteiger partial charge in [-0.05, 0) is 34.3 Å². The summed E-state index contributed by atoms with van der Waals surface area (Å²) in [6.07, 6.45) is 1.55. The lowest BCUT2D eigenvalue weighted by atomic mass is 10.3. The molecule has 0 atom stereocenters. The molecule has 2 heterocycles. The largest absolute Gasteiger partial charge is 0.384 e. The number of tetrazole rings is 1. The number of nitrogens with two attached hydrogens (primary N) is 1. The van der Waals surface area contributed by atoms with E-state index < -0.39 is 0 Å². The Morgan fingerprint density at radius 3 is 2.81 bits per heavy atom. The number of aryl methyl sites for hydroxylation is 1. The van der Waals surface area contributed by atoms with Crippen LogP contribution in [0.15, 0.2) is 28.5 Å². The average Bonchev–Trinajstić information content (AvgIpc) is 2.65. The molecule has 8 heteroatoms. The number of nitrogen functional groups attached to an aromatic ring is 1. The van der Waals surface area contributed by atoms with Crippen molar-refractivity contribution in [1.29, 1.82) is 5.41 Å².